The van der Waals surface area contributed by atoms with Gasteiger partial charge in [-0.1, -0.05) is 30.9 Å². The number of aromatic amines is 1. The average molecular weight is 441 g/mol. The van der Waals surface area contributed by atoms with Crippen LogP contribution in [0.4, 0.5) is 23.1 Å². The standard InChI is InChI=1S/C23H29ClN6O/c1-15-13-17(30-9-11-31-12-10-30)7-8-19(15)27-23-28-21-20(18(24)14-25-21)22(29-23)26-16-5-3-2-4-6-16/h7-8,13-14,16H,2-6,9-12H2,1H3,(H3,25,26,27,28,29). The Kier molecular flexibility index (Phi) is 5.87. The molecule has 3 heterocycles. The fourth-order valence-corrected chi connectivity index (χ4v) is 4.76. The number of H-pyrrole nitrogens is 1. The first-order chi connectivity index (χ1) is 15.2. The minimum atomic E-state index is 0.431. The number of fused-ring (bicyclic) bond motifs is 1. The zero-order valence-corrected chi connectivity index (χ0v) is 18.6. The summed E-state index contributed by atoms with van der Waals surface area (Å²) in [6, 6.07) is 6.88. The Labute approximate surface area is 187 Å². The fourth-order valence-electron chi connectivity index (χ4n) is 4.52. The number of ether oxygens (including phenoxy) is 1. The molecule has 5 rings (SSSR count). The predicted octanol–water partition coefficient (Wildman–Crippen LogP) is 5.24. The van der Waals surface area contributed by atoms with E-state index in [1.807, 2.05) is 0 Å². The molecule has 1 aliphatic heterocycles. The van der Waals surface area contributed by atoms with Gasteiger partial charge < -0.3 is 25.3 Å². The lowest BCUT2D eigenvalue weighted by molar-refractivity contribution is 0.122. The van der Waals surface area contributed by atoms with Crippen LogP contribution >= 0.6 is 11.6 Å². The summed E-state index contributed by atoms with van der Waals surface area (Å²) in [4.78, 5) is 15.0. The smallest absolute Gasteiger partial charge is 0.231 e. The molecule has 0 atom stereocenters. The van der Waals surface area contributed by atoms with Crippen LogP contribution in [0.25, 0.3) is 11.0 Å². The molecule has 1 saturated carbocycles. The van der Waals surface area contributed by atoms with E-state index in [9.17, 15) is 0 Å². The quantitative estimate of drug-likeness (QED) is 0.503. The Bertz CT molecular complexity index is 1060. The first-order valence-electron chi connectivity index (χ1n) is 11.2. The maximum Gasteiger partial charge on any atom is 0.231 e. The molecule has 0 radical (unpaired) electrons. The zero-order valence-electron chi connectivity index (χ0n) is 17.9. The molecule has 31 heavy (non-hydrogen) atoms. The number of morpholine rings is 1. The number of hydrogen-bond acceptors (Lipinski definition) is 6. The Morgan fingerprint density at radius 2 is 1.94 bits per heavy atom. The van der Waals surface area contributed by atoms with E-state index in [1.165, 1.54) is 37.8 Å². The molecule has 164 valence electrons. The van der Waals surface area contributed by atoms with Crippen molar-refractivity contribution in [1.29, 1.82) is 0 Å². The van der Waals surface area contributed by atoms with Crippen molar-refractivity contribution in [3.63, 3.8) is 0 Å². The third kappa shape index (κ3) is 4.43. The first kappa shape index (κ1) is 20.4. The molecule has 8 heteroatoms. The number of hydrogen-bond donors (Lipinski definition) is 3. The van der Waals surface area contributed by atoms with Gasteiger partial charge in [-0.25, -0.2) is 0 Å². The molecule has 0 spiro atoms. The summed E-state index contributed by atoms with van der Waals surface area (Å²) in [6.45, 7) is 5.52. The van der Waals surface area contributed by atoms with Crippen LogP contribution in [0.15, 0.2) is 24.4 Å². The molecule has 7 nitrogen and oxygen atoms in total. The second kappa shape index (κ2) is 8.93. The van der Waals surface area contributed by atoms with Gasteiger partial charge in [0, 0.05) is 36.7 Å². The second-order valence-electron chi connectivity index (χ2n) is 8.46. The molecule has 2 aromatic heterocycles. The number of halogens is 1. The summed E-state index contributed by atoms with van der Waals surface area (Å²) in [5.41, 5.74) is 4.11. The van der Waals surface area contributed by atoms with Crippen molar-refractivity contribution in [3.05, 3.63) is 35.0 Å². The molecular formula is C23H29ClN6O. The van der Waals surface area contributed by atoms with Crippen molar-refractivity contribution in [2.45, 2.75) is 45.1 Å². The van der Waals surface area contributed by atoms with Crippen LogP contribution < -0.4 is 15.5 Å². The third-order valence-electron chi connectivity index (χ3n) is 6.26. The third-order valence-corrected chi connectivity index (χ3v) is 6.56. The number of rotatable bonds is 5. The summed E-state index contributed by atoms with van der Waals surface area (Å²) in [7, 11) is 0. The van der Waals surface area contributed by atoms with Crippen molar-refractivity contribution >= 4 is 45.8 Å². The molecule has 0 amide bonds. The SMILES string of the molecule is Cc1cc(N2CCOCC2)ccc1Nc1nc(NC2CCCCC2)c2c(Cl)c[nH]c2n1. The van der Waals surface area contributed by atoms with Gasteiger partial charge in [-0.15, -0.1) is 0 Å². The van der Waals surface area contributed by atoms with Gasteiger partial charge in [0.05, 0.1) is 23.6 Å². The molecule has 1 aromatic carbocycles. The van der Waals surface area contributed by atoms with Crippen LogP contribution in [0.2, 0.25) is 5.02 Å². The van der Waals surface area contributed by atoms with Crippen LogP contribution in [-0.4, -0.2) is 47.3 Å². The lowest BCUT2D eigenvalue weighted by Gasteiger charge is -2.29. The number of nitrogens with zero attached hydrogens (tertiary/aromatic N) is 3. The van der Waals surface area contributed by atoms with Crippen molar-refractivity contribution in [2.24, 2.45) is 0 Å². The maximum atomic E-state index is 6.44. The number of nitrogens with one attached hydrogen (secondary N) is 3. The number of anilines is 4. The Morgan fingerprint density at radius 3 is 2.71 bits per heavy atom. The van der Waals surface area contributed by atoms with Crippen molar-refractivity contribution in [2.75, 3.05) is 41.8 Å². The average Bonchev–Trinajstić information content (AvgIpc) is 3.17. The zero-order chi connectivity index (χ0) is 21.2. The summed E-state index contributed by atoms with van der Waals surface area (Å²) in [5, 5.41) is 8.55. The molecule has 0 bridgehead atoms. The van der Waals surface area contributed by atoms with Crippen molar-refractivity contribution < 1.29 is 4.74 Å². The highest BCUT2D eigenvalue weighted by Gasteiger charge is 2.19. The van der Waals surface area contributed by atoms with Crippen LogP contribution in [0.5, 0.6) is 0 Å². The van der Waals surface area contributed by atoms with E-state index in [0.717, 1.165) is 54.4 Å². The van der Waals surface area contributed by atoms with E-state index >= 15 is 0 Å². The van der Waals surface area contributed by atoms with E-state index in [4.69, 9.17) is 21.3 Å². The Balaban J connectivity index is 1.41. The lowest BCUT2D eigenvalue weighted by Crippen LogP contribution is -2.36. The monoisotopic (exact) mass is 440 g/mol. The summed E-state index contributed by atoms with van der Waals surface area (Å²) < 4.78 is 5.47. The molecule has 2 fully saturated rings. The minimum Gasteiger partial charge on any atom is -0.378 e. The van der Waals surface area contributed by atoms with Crippen molar-refractivity contribution in [3.8, 4) is 0 Å². The van der Waals surface area contributed by atoms with Gasteiger partial charge in [0.15, 0.2) is 0 Å². The predicted molar refractivity (Wildman–Crippen MR) is 127 cm³/mol. The van der Waals surface area contributed by atoms with Gasteiger partial charge in [0.25, 0.3) is 0 Å². The molecule has 3 aromatic rings. The molecular weight excluding hydrogens is 412 g/mol. The van der Waals surface area contributed by atoms with E-state index in [0.29, 0.717) is 17.0 Å². The van der Waals surface area contributed by atoms with Gasteiger partial charge >= 0.3 is 0 Å². The molecule has 1 saturated heterocycles. The molecule has 3 N–H and O–H groups in total. The highest BCUT2D eigenvalue weighted by atomic mass is 35.5. The van der Waals surface area contributed by atoms with Gasteiger partial charge in [-0.3, -0.25) is 0 Å². The topological polar surface area (TPSA) is 78.1 Å². The lowest BCUT2D eigenvalue weighted by atomic mass is 9.95. The number of aromatic nitrogens is 3. The Morgan fingerprint density at radius 1 is 1.13 bits per heavy atom. The van der Waals surface area contributed by atoms with E-state index in [1.54, 1.807) is 6.20 Å². The largest absolute Gasteiger partial charge is 0.378 e. The minimum absolute atomic E-state index is 0.431. The van der Waals surface area contributed by atoms with Crippen molar-refractivity contribution in [1.82, 2.24) is 15.0 Å². The van der Waals surface area contributed by atoms with Gasteiger partial charge in [0.1, 0.15) is 11.5 Å². The van der Waals surface area contributed by atoms with Gasteiger partial charge in [-0.05, 0) is 43.5 Å². The molecule has 1 aliphatic carbocycles. The van der Waals surface area contributed by atoms with Gasteiger partial charge in [-0.2, -0.15) is 9.97 Å². The van der Waals surface area contributed by atoms with E-state index < -0.39 is 0 Å². The van der Waals surface area contributed by atoms with Crippen LogP contribution in [0.1, 0.15) is 37.7 Å². The van der Waals surface area contributed by atoms with Crippen LogP contribution in [-0.2, 0) is 4.74 Å². The van der Waals surface area contributed by atoms with Crippen LogP contribution in [0, 0.1) is 6.92 Å². The second-order valence-corrected chi connectivity index (χ2v) is 8.87. The van der Waals surface area contributed by atoms with E-state index in [2.05, 4.69) is 50.6 Å². The summed E-state index contributed by atoms with van der Waals surface area (Å²) in [6.07, 6.45) is 7.93. The molecule has 0 unspecified atom stereocenters. The van der Waals surface area contributed by atoms with Gasteiger partial charge in [0.2, 0.25) is 5.95 Å². The normalized spacial score (nSPS) is 17.8. The summed E-state index contributed by atoms with van der Waals surface area (Å²) in [5.74, 6) is 1.36. The van der Waals surface area contributed by atoms with E-state index in [-0.39, 0.29) is 0 Å². The molecule has 2 aliphatic rings. The first-order valence-corrected chi connectivity index (χ1v) is 11.6. The number of benzene rings is 1. The maximum absolute atomic E-state index is 6.44. The Hall–Kier alpha value is -2.51. The highest BCUT2D eigenvalue weighted by Crippen LogP contribution is 2.32. The summed E-state index contributed by atoms with van der Waals surface area (Å²) >= 11 is 6.44. The fraction of sp³-hybridized carbons (Fsp3) is 0.478. The van der Waals surface area contributed by atoms with Crippen LogP contribution in [0.3, 0.4) is 0 Å². The number of aryl methyl sites for hydroxylation is 1. The highest BCUT2D eigenvalue weighted by molar-refractivity contribution is 6.36.